The number of hydrogen-bond donors (Lipinski definition) is 1. The van der Waals surface area contributed by atoms with Gasteiger partial charge < -0.3 is 10.1 Å². The van der Waals surface area contributed by atoms with Crippen LogP contribution in [0, 0.1) is 5.82 Å². The molecule has 1 unspecified atom stereocenters. The molecule has 2 nitrogen and oxygen atoms in total. The lowest BCUT2D eigenvalue weighted by Crippen LogP contribution is -2.29. The molecule has 0 aliphatic carbocycles. The van der Waals surface area contributed by atoms with Gasteiger partial charge in [0.25, 0.3) is 0 Å². The van der Waals surface area contributed by atoms with E-state index in [1.54, 1.807) is 7.11 Å². The highest BCUT2D eigenvalue weighted by Gasteiger charge is 2.02. The lowest BCUT2D eigenvalue weighted by Gasteiger charge is -2.13. The molecule has 0 aliphatic heterocycles. The van der Waals surface area contributed by atoms with Crippen LogP contribution in [0.3, 0.4) is 0 Å². The van der Waals surface area contributed by atoms with Crippen molar-refractivity contribution in [2.24, 2.45) is 0 Å². The standard InChI is InChI=1S/C14H22FNO/c1-12(16-9-3-4-10-17-2)11-13-5-7-14(15)8-6-13/h5-8,12,16H,3-4,9-11H2,1-2H3. The second kappa shape index (κ2) is 8.20. The Morgan fingerprint density at radius 1 is 1.24 bits per heavy atom. The van der Waals surface area contributed by atoms with E-state index < -0.39 is 0 Å². The minimum absolute atomic E-state index is 0.172. The largest absolute Gasteiger partial charge is 0.385 e. The molecule has 0 fully saturated rings. The first-order chi connectivity index (χ1) is 8.22. The zero-order chi connectivity index (χ0) is 12.5. The van der Waals surface area contributed by atoms with Gasteiger partial charge in [0.1, 0.15) is 5.82 Å². The summed E-state index contributed by atoms with van der Waals surface area (Å²) < 4.78 is 17.7. The van der Waals surface area contributed by atoms with E-state index >= 15 is 0 Å². The molecule has 0 spiro atoms. The first-order valence-electron chi connectivity index (χ1n) is 6.19. The summed E-state index contributed by atoms with van der Waals surface area (Å²) in [6.07, 6.45) is 3.15. The van der Waals surface area contributed by atoms with E-state index in [0.29, 0.717) is 6.04 Å². The third-order valence-corrected chi connectivity index (χ3v) is 2.72. The molecule has 1 aromatic carbocycles. The van der Waals surface area contributed by atoms with Crippen molar-refractivity contribution < 1.29 is 9.13 Å². The Morgan fingerprint density at radius 3 is 2.59 bits per heavy atom. The summed E-state index contributed by atoms with van der Waals surface area (Å²) in [5, 5.41) is 3.46. The fraction of sp³-hybridized carbons (Fsp3) is 0.571. The van der Waals surface area contributed by atoms with Gasteiger partial charge in [-0.15, -0.1) is 0 Å². The van der Waals surface area contributed by atoms with Gasteiger partial charge in [0, 0.05) is 19.8 Å². The Balaban J connectivity index is 2.16. The summed E-state index contributed by atoms with van der Waals surface area (Å²) in [6, 6.07) is 7.14. The zero-order valence-electron chi connectivity index (χ0n) is 10.7. The maximum atomic E-state index is 12.7. The van der Waals surface area contributed by atoms with Crippen molar-refractivity contribution in [3.8, 4) is 0 Å². The second-order valence-electron chi connectivity index (χ2n) is 4.39. The van der Waals surface area contributed by atoms with E-state index in [1.807, 2.05) is 12.1 Å². The van der Waals surface area contributed by atoms with Crippen LogP contribution in [-0.2, 0) is 11.2 Å². The van der Waals surface area contributed by atoms with Gasteiger partial charge >= 0.3 is 0 Å². The van der Waals surface area contributed by atoms with Gasteiger partial charge in [-0.2, -0.15) is 0 Å². The molecule has 1 aromatic rings. The highest BCUT2D eigenvalue weighted by Crippen LogP contribution is 2.05. The number of nitrogens with one attached hydrogen (secondary N) is 1. The number of ether oxygens (including phenoxy) is 1. The molecule has 1 rings (SSSR count). The van der Waals surface area contributed by atoms with Crippen molar-refractivity contribution in [2.45, 2.75) is 32.2 Å². The van der Waals surface area contributed by atoms with Crippen LogP contribution in [0.1, 0.15) is 25.3 Å². The Morgan fingerprint density at radius 2 is 1.94 bits per heavy atom. The zero-order valence-corrected chi connectivity index (χ0v) is 10.7. The summed E-state index contributed by atoms with van der Waals surface area (Å²) in [6.45, 7) is 3.99. The maximum absolute atomic E-state index is 12.7. The third-order valence-electron chi connectivity index (χ3n) is 2.72. The Labute approximate surface area is 103 Å². The van der Waals surface area contributed by atoms with Gasteiger partial charge in [-0.05, 0) is 50.4 Å². The molecule has 3 heteroatoms. The first kappa shape index (κ1) is 14.1. The molecule has 0 bridgehead atoms. The van der Waals surface area contributed by atoms with Crippen LogP contribution in [-0.4, -0.2) is 26.3 Å². The average molecular weight is 239 g/mol. The fourth-order valence-electron chi connectivity index (χ4n) is 1.77. The number of halogens is 1. The number of rotatable bonds is 8. The number of methoxy groups -OCH3 is 1. The van der Waals surface area contributed by atoms with Crippen LogP contribution in [0.15, 0.2) is 24.3 Å². The molecule has 0 heterocycles. The van der Waals surface area contributed by atoms with Gasteiger partial charge in [-0.3, -0.25) is 0 Å². The van der Waals surface area contributed by atoms with E-state index in [2.05, 4.69) is 12.2 Å². The van der Waals surface area contributed by atoms with Crippen LogP contribution in [0.25, 0.3) is 0 Å². The van der Waals surface area contributed by atoms with Gasteiger partial charge in [0.15, 0.2) is 0 Å². The first-order valence-corrected chi connectivity index (χ1v) is 6.19. The fourth-order valence-corrected chi connectivity index (χ4v) is 1.77. The summed E-state index contributed by atoms with van der Waals surface area (Å²) in [5.41, 5.74) is 1.17. The summed E-state index contributed by atoms with van der Waals surface area (Å²) >= 11 is 0. The lowest BCUT2D eigenvalue weighted by molar-refractivity contribution is 0.192. The molecule has 1 N–H and O–H groups in total. The van der Waals surface area contributed by atoms with Gasteiger partial charge in [0.2, 0.25) is 0 Å². The Kier molecular flexibility index (Phi) is 6.82. The normalized spacial score (nSPS) is 12.6. The van der Waals surface area contributed by atoms with E-state index in [4.69, 9.17) is 4.74 Å². The van der Waals surface area contributed by atoms with Crippen molar-refractivity contribution in [3.05, 3.63) is 35.6 Å². The minimum Gasteiger partial charge on any atom is -0.385 e. The van der Waals surface area contributed by atoms with Crippen molar-refractivity contribution in [1.82, 2.24) is 5.32 Å². The highest BCUT2D eigenvalue weighted by atomic mass is 19.1. The quantitative estimate of drug-likeness (QED) is 0.704. The predicted octanol–water partition coefficient (Wildman–Crippen LogP) is 2.77. The number of unbranched alkanes of at least 4 members (excludes halogenated alkanes) is 1. The smallest absolute Gasteiger partial charge is 0.123 e. The predicted molar refractivity (Wildman–Crippen MR) is 68.7 cm³/mol. The van der Waals surface area contributed by atoms with E-state index in [0.717, 1.165) is 32.4 Å². The third kappa shape index (κ3) is 6.39. The van der Waals surface area contributed by atoms with Gasteiger partial charge in [-0.1, -0.05) is 12.1 Å². The molecule has 0 amide bonds. The van der Waals surface area contributed by atoms with Crippen molar-refractivity contribution in [1.29, 1.82) is 0 Å². The Bertz CT molecular complexity index is 300. The van der Waals surface area contributed by atoms with Gasteiger partial charge in [0.05, 0.1) is 0 Å². The molecule has 0 aliphatic rings. The molecule has 0 saturated carbocycles. The minimum atomic E-state index is -0.172. The SMILES string of the molecule is COCCCCNC(C)Cc1ccc(F)cc1. The van der Waals surface area contributed by atoms with Crippen LogP contribution in [0.4, 0.5) is 4.39 Å². The molecular formula is C14H22FNO. The van der Waals surface area contributed by atoms with Crippen molar-refractivity contribution in [2.75, 3.05) is 20.3 Å². The molecule has 0 saturated heterocycles. The van der Waals surface area contributed by atoms with E-state index in [9.17, 15) is 4.39 Å². The van der Waals surface area contributed by atoms with E-state index in [-0.39, 0.29) is 5.82 Å². The molecule has 0 radical (unpaired) electrons. The van der Waals surface area contributed by atoms with Gasteiger partial charge in [-0.25, -0.2) is 4.39 Å². The lowest BCUT2D eigenvalue weighted by atomic mass is 10.1. The molecule has 17 heavy (non-hydrogen) atoms. The Hall–Kier alpha value is -0.930. The second-order valence-corrected chi connectivity index (χ2v) is 4.39. The molecule has 96 valence electrons. The van der Waals surface area contributed by atoms with Crippen LogP contribution in [0.2, 0.25) is 0 Å². The van der Waals surface area contributed by atoms with Crippen molar-refractivity contribution >= 4 is 0 Å². The molecule has 0 aromatic heterocycles. The summed E-state index contributed by atoms with van der Waals surface area (Å²) in [7, 11) is 1.73. The average Bonchev–Trinajstić information content (AvgIpc) is 2.32. The number of benzene rings is 1. The molecular weight excluding hydrogens is 217 g/mol. The topological polar surface area (TPSA) is 21.3 Å². The summed E-state index contributed by atoms with van der Waals surface area (Å²) in [4.78, 5) is 0. The maximum Gasteiger partial charge on any atom is 0.123 e. The van der Waals surface area contributed by atoms with Crippen LogP contribution < -0.4 is 5.32 Å². The van der Waals surface area contributed by atoms with Crippen LogP contribution >= 0.6 is 0 Å². The molecule has 1 atom stereocenters. The van der Waals surface area contributed by atoms with E-state index in [1.165, 1.54) is 17.7 Å². The van der Waals surface area contributed by atoms with Crippen molar-refractivity contribution in [3.63, 3.8) is 0 Å². The highest BCUT2D eigenvalue weighted by molar-refractivity contribution is 5.16. The number of hydrogen-bond acceptors (Lipinski definition) is 2. The monoisotopic (exact) mass is 239 g/mol. The van der Waals surface area contributed by atoms with Crippen LogP contribution in [0.5, 0.6) is 0 Å². The summed E-state index contributed by atoms with van der Waals surface area (Å²) in [5.74, 6) is -0.172.